The van der Waals surface area contributed by atoms with Crippen molar-refractivity contribution in [3.63, 3.8) is 0 Å². The van der Waals surface area contributed by atoms with Gasteiger partial charge < -0.3 is 5.32 Å². The van der Waals surface area contributed by atoms with Crippen molar-refractivity contribution >= 4 is 38.6 Å². The van der Waals surface area contributed by atoms with Crippen LogP contribution >= 0.6 is 11.3 Å². The van der Waals surface area contributed by atoms with Crippen LogP contribution in [0.3, 0.4) is 0 Å². The van der Waals surface area contributed by atoms with Crippen LogP contribution in [-0.4, -0.2) is 13.4 Å². The van der Waals surface area contributed by atoms with E-state index < -0.39 is 10.0 Å². The Morgan fingerprint density at radius 2 is 1.79 bits per heavy atom. The standard InChI is InChI=1S/C16H12N4O2S2/c17-10-12-3-5-13(6-4-12)19-15-8-7-14(11-18-15)20-24(21,22)16-2-1-9-23-16/h1-9,11,20H,(H,18,19). The van der Waals surface area contributed by atoms with E-state index in [1.165, 1.54) is 6.20 Å². The van der Waals surface area contributed by atoms with E-state index >= 15 is 0 Å². The Balaban J connectivity index is 1.70. The summed E-state index contributed by atoms with van der Waals surface area (Å²) in [5.41, 5.74) is 1.74. The van der Waals surface area contributed by atoms with Crippen molar-refractivity contribution in [2.45, 2.75) is 4.21 Å². The molecular formula is C16H12N4O2S2. The van der Waals surface area contributed by atoms with Gasteiger partial charge in [0.1, 0.15) is 10.0 Å². The van der Waals surface area contributed by atoms with E-state index in [0.717, 1.165) is 17.0 Å². The lowest BCUT2D eigenvalue weighted by Crippen LogP contribution is -2.11. The molecule has 0 aliphatic carbocycles. The minimum atomic E-state index is -3.57. The molecule has 24 heavy (non-hydrogen) atoms. The number of thiophene rings is 1. The number of benzene rings is 1. The van der Waals surface area contributed by atoms with Gasteiger partial charge in [-0.2, -0.15) is 5.26 Å². The summed E-state index contributed by atoms with van der Waals surface area (Å²) in [7, 11) is -3.57. The van der Waals surface area contributed by atoms with Gasteiger partial charge in [0.25, 0.3) is 10.0 Å². The molecule has 0 saturated carbocycles. The highest BCUT2D eigenvalue weighted by Gasteiger charge is 2.15. The molecule has 0 unspecified atom stereocenters. The highest BCUT2D eigenvalue weighted by atomic mass is 32.2. The molecule has 120 valence electrons. The zero-order valence-electron chi connectivity index (χ0n) is 12.3. The molecule has 0 aliphatic heterocycles. The van der Waals surface area contributed by atoms with Crippen LogP contribution in [0, 0.1) is 11.3 Å². The van der Waals surface area contributed by atoms with E-state index in [9.17, 15) is 8.42 Å². The van der Waals surface area contributed by atoms with Crippen LogP contribution in [0.25, 0.3) is 0 Å². The van der Waals surface area contributed by atoms with E-state index in [4.69, 9.17) is 5.26 Å². The predicted molar refractivity (Wildman–Crippen MR) is 93.8 cm³/mol. The molecule has 0 radical (unpaired) electrons. The van der Waals surface area contributed by atoms with Crippen molar-refractivity contribution in [3.8, 4) is 6.07 Å². The lowest BCUT2D eigenvalue weighted by Gasteiger charge is -2.08. The number of nitrogens with zero attached hydrogens (tertiary/aromatic N) is 2. The summed E-state index contributed by atoms with van der Waals surface area (Å²) in [5.74, 6) is 0.568. The maximum Gasteiger partial charge on any atom is 0.271 e. The second-order valence-corrected chi connectivity index (χ2v) is 7.64. The van der Waals surface area contributed by atoms with E-state index in [2.05, 4.69) is 21.1 Å². The number of hydrogen-bond donors (Lipinski definition) is 2. The predicted octanol–water partition coefficient (Wildman–Crippen LogP) is 3.56. The number of anilines is 3. The maximum atomic E-state index is 12.1. The molecule has 0 amide bonds. The van der Waals surface area contributed by atoms with Crippen LogP contribution in [-0.2, 0) is 10.0 Å². The van der Waals surface area contributed by atoms with Crippen LogP contribution in [0.4, 0.5) is 17.2 Å². The first kappa shape index (κ1) is 16.0. The number of rotatable bonds is 5. The molecule has 1 aromatic carbocycles. The molecule has 3 rings (SSSR count). The average molecular weight is 356 g/mol. The Hall–Kier alpha value is -2.89. The molecule has 0 bridgehead atoms. The summed E-state index contributed by atoms with van der Waals surface area (Å²) in [5, 5.41) is 13.6. The lowest BCUT2D eigenvalue weighted by atomic mass is 10.2. The summed E-state index contributed by atoms with van der Waals surface area (Å²) < 4.78 is 27.0. The van der Waals surface area contributed by atoms with Gasteiger partial charge in [0, 0.05) is 5.69 Å². The van der Waals surface area contributed by atoms with Crippen molar-refractivity contribution in [3.05, 3.63) is 65.7 Å². The van der Waals surface area contributed by atoms with Crippen LogP contribution in [0.5, 0.6) is 0 Å². The van der Waals surface area contributed by atoms with Crippen LogP contribution < -0.4 is 10.0 Å². The summed E-state index contributed by atoms with van der Waals surface area (Å²) in [4.78, 5) is 4.18. The zero-order valence-corrected chi connectivity index (χ0v) is 13.9. The molecule has 8 heteroatoms. The Morgan fingerprint density at radius 3 is 2.38 bits per heavy atom. The Labute approximate surface area is 143 Å². The van der Waals surface area contributed by atoms with Gasteiger partial charge in [0.15, 0.2) is 0 Å². The first-order chi connectivity index (χ1) is 11.6. The largest absolute Gasteiger partial charge is 0.340 e. The smallest absolute Gasteiger partial charge is 0.271 e. The van der Waals surface area contributed by atoms with Gasteiger partial charge in [0.2, 0.25) is 0 Å². The van der Waals surface area contributed by atoms with E-state index in [-0.39, 0.29) is 4.21 Å². The Morgan fingerprint density at radius 1 is 1.04 bits per heavy atom. The Kier molecular flexibility index (Phi) is 4.46. The maximum absolute atomic E-state index is 12.1. The van der Waals surface area contributed by atoms with Gasteiger partial charge in [0.05, 0.1) is 23.5 Å². The normalized spacial score (nSPS) is 10.8. The van der Waals surface area contributed by atoms with Gasteiger partial charge in [-0.25, -0.2) is 13.4 Å². The number of nitrogens with one attached hydrogen (secondary N) is 2. The molecule has 0 fully saturated rings. The molecular weight excluding hydrogens is 344 g/mol. The van der Waals surface area contributed by atoms with Gasteiger partial charge in [-0.3, -0.25) is 4.72 Å². The molecule has 2 aromatic heterocycles. The third kappa shape index (κ3) is 3.71. The third-order valence-electron chi connectivity index (χ3n) is 3.06. The zero-order chi connectivity index (χ0) is 17.0. The van der Waals surface area contributed by atoms with Crippen LogP contribution in [0.1, 0.15) is 5.56 Å². The SMILES string of the molecule is N#Cc1ccc(Nc2ccc(NS(=O)(=O)c3cccs3)cn2)cc1. The molecule has 2 heterocycles. The minimum absolute atomic E-state index is 0.252. The van der Waals surface area contributed by atoms with Crippen LogP contribution in [0.15, 0.2) is 64.3 Å². The monoisotopic (exact) mass is 356 g/mol. The first-order valence-electron chi connectivity index (χ1n) is 6.86. The minimum Gasteiger partial charge on any atom is -0.340 e. The van der Waals surface area contributed by atoms with Crippen molar-refractivity contribution in [2.24, 2.45) is 0 Å². The fraction of sp³-hybridized carbons (Fsp3) is 0. The lowest BCUT2D eigenvalue weighted by molar-refractivity contribution is 0.603. The molecule has 0 aliphatic rings. The van der Waals surface area contributed by atoms with Gasteiger partial charge in [-0.1, -0.05) is 6.07 Å². The van der Waals surface area contributed by atoms with E-state index in [1.807, 2.05) is 0 Å². The summed E-state index contributed by atoms with van der Waals surface area (Å²) in [6, 6.07) is 15.5. The fourth-order valence-corrected chi connectivity index (χ4v) is 3.96. The van der Waals surface area contributed by atoms with Gasteiger partial charge in [-0.15, -0.1) is 11.3 Å². The first-order valence-corrected chi connectivity index (χ1v) is 9.23. The molecule has 6 nitrogen and oxygen atoms in total. The topological polar surface area (TPSA) is 94.9 Å². The molecule has 0 atom stereocenters. The highest BCUT2D eigenvalue weighted by molar-refractivity contribution is 7.94. The average Bonchev–Trinajstić information content (AvgIpc) is 3.13. The quantitative estimate of drug-likeness (QED) is 0.729. The van der Waals surface area contributed by atoms with Crippen molar-refractivity contribution in [1.29, 1.82) is 5.26 Å². The van der Waals surface area contributed by atoms with Gasteiger partial charge >= 0.3 is 0 Å². The second kappa shape index (κ2) is 6.70. The molecule has 2 N–H and O–H groups in total. The van der Waals surface area contributed by atoms with E-state index in [1.54, 1.807) is 53.9 Å². The van der Waals surface area contributed by atoms with Gasteiger partial charge in [-0.05, 0) is 47.8 Å². The number of pyridine rings is 1. The molecule has 3 aromatic rings. The number of sulfonamides is 1. The highest BCUT2D eigenvalue weighted by Crippen LogP contribution is 2.21. The van der Waals surface area contributed by atoms with E-state index in [0.29, 0.717) is 17.1 Å². The summed E-state index contributed by atoms with van der Waals surface area (Å²) in [6.07, 6.45) is 1.44. The number of aromatic nitrogens is 1. The number of nitriles is 1. The number of hydrogen-bond acceptors (Lipinski definition) is 6. The molecule has 0 spiro atoms. The fourth-order valence-electron chi connectivity index (χ4n) is 1.93. The molecule has 0 saturated heterocycles. The Bertz CT molecular complexity index is 958. The summed E-state index contributed by atoms with van der Waals surface area (Å²) >= 11 is 1.15. The van der Waals surface area contributed by atoms with Crippen molar-refractivity contribution < 1.29 is 8.42 Å². The van der Waals surface area contributed by atoms with Crippen molar-refractivity contribution in [1.82, 2.24) is 4.98 Å². The van der Waals surface area contributed by atoms with Crippen molar-refractivity contribution in [2.75, 3.05) is 10.0 Å². The van der Waals surface area contributed by atoms with Crippen LogP contribution in [0.2, 0.25) is 0 Å². The third-order valence-corrected chi connectivity index (χ3v) is 5.84. The second-order valence-electron chi connectivity index (χ2n) is 4.78. The summed E-state index contributed by atoms with van der Waals surface area (Å²) in [6.45, 7) is 0.